The van der Waals surface area contributed by atoms with Crippen molar-refractivity contribution in [3.8, 4) is 44.9 Å². The summed E-state index contributed by atoms with van der Waals surface area (Å²) in [4.78, 5) is 13.9. The summed E-state index contributed by atoms with van der Waals surface area (Å²) in [7, 11) is -1.33. The molecule has 6 heteroatoms. The molecular weight excluding hydrogens is 1050 g/mol. The molecule has 0 atom stereocenters. The summed E-state index contributed by atoms with van der Waals surface area (Å²) in [6.45, 7) is 22.8. The molecule has 6 aromatic carbocycles. The molecule has 0 aliphatic rings. The maximum Gasteiger partial charge on any atom is 0.144 e. The third-order valence-electron chi connectivity index (χ3n) is 12.7. The fraction of sp³-hybridized carbons (Fsp3) is 0.234. The van der Waals surface area contributed by atoms with Gasteiger partial charge in [-0.2, -0.15) is 0 Å². The molecule has 0 saturated heterocycles. The van der Waals surface area contributed by atoms with Crippen molar-refractivity contribution in [1.82, 2.24) is 15.0 Å². The van der Waals surface area contributed by atoms with Crippen LogP contribution in [0.3, 0.4) is 0 Å². The average Bonchev–Trinajstić information content (AvgIpc) is 3.72. The second kappa shape index (κ2) is 23.1. The van der Waals surface area contributed by atoms with Crippen LogP contribution in [0.1, 0.15) is 69.7 Å². The summed E-state index contributed by atoms with van der Waals surface area (Å²) < 4.78 is 6.50. The van der Waals surface area contributed by atoms with Gasteiger partial charge in [0.2, 0.25) is 0 Å². The number of aryl methyl sites for hydroxylation is 1. The topological polar surface area (TPSA) is 51.8 Å². The summed E-state index contributed by atoms with van der Waals surface area (Å²) in [5.41, 5.74) is 16.2. The van der Waals surface area contributed by atoms with E-state index in [2.05, 4.69) is 225 Å². The molecule has 0 amide bonds. The molecule has 1 radical (unpaired) electrons. The molecular formula is C64H67IrN3OSi. The Morgan fingerprint density at radius 3 is 1.77 bits per heavy atom. The molecule has 0 aliphatic carbocycles. The standard InChI is InChI=1S/C31H25NO.C18H25NSi.C15H17N.Ir/c1-19(2)28-17-29(32-18-20(28)3)27-13-7-12-26-25-15-14-22(16-30(25)33-31(26)27)24-11-6-9-21-8-4-5-10-23(21)24;1-14(2)11-16-12-17(15-9-7-6-8-10-15)19-13-18(16)20(3,4)5;1-12(2)10-13-8-9-16-15(11-13)14-6-4-3-5-7-14;/h4-19H,1-3H3;6-10,12-14H,11H2,1-5H3;3-9,11-12H,10H2,1-2H3;. The fourth-order valence-corrected chi connectivity index (χ4v) is 10.9. The Morgan fingerprint density at radius 1 is 0.500 bits per heavy atom. The van der Waals surface area contributed by atoms with Crippen molar-refractivity contribution in [3.05, 3.63) is 205 Å². The zero-order chi connectivity index (χ0) is 48.7. The van der Waals surface area contributed by atoms with Crippen LogP contribution in [0.25, 0.3) is 77.6 Å². The first-order chi connectivity index (χ1) is 33.2. The van der Waals surface area contributed by atoms with Crippen LogP contribution in [0.15, 0.2) is 187 Å². The molecule has 0 bridgehead atoms. The van der Waals surface area contributed by atoms with Crippen LogP contribution < -0.4 is 5.19 Å². The van der Waals surface area contributed by atoms with Crippen molar-refractivity contribution in [3.63, 3.8) is 0 Å². The van der Waals surface area contributed by atoms with Crippen LogP contribution in [0.4, 0.5) is 0 Å². The van der Waals surface area contributed by atoms with Crippen LogP contribution in [0, 0.1) is 18.8 Å². The third-order valence-corrected chi connectivity index (χ3v) is 14.7. The molecule has 357 valence electrons. The minimum absolute atomic E-state index is 0. The number of furan rings is 1. The second-order valence-electron chi connectivity index (χ2n) is 20.6. The molecule has 10 aromatic rings. The number of para-hydroxylation sites is 1. The van der Waals surface area contributed by atoms with Crippen LogP contribution in [-0.2, 0) is 32.9 Å². The van der Waals surface area contributed by atoms with Gasteiger partial charge < -0.3 is 4.42 Å². The molecule has 0 unspecified atom stereocenters. The van der Waals surface area contributed by atoms with Crippen molar-refractivity contribution in [2.75, 3.05) is 0 Å². The van der Waals surface area contributed by atoms with E-state index in [0.717, 1.165) is 63.0 Å². The van der Waals surface area contributed by atoms with Crippen LogP contribution >= 0.6 is 0 Å². The minimum atomic E-state index is -1.33. The Bertz CT molecular complexity index is 3310. The largest absolute Gasteiger partial charge is 0.455 e. The number of hydrogen-bond acceptors (Lipinski definition) is 4. The minimum Gasteiger partial charge on any atom is -0.455 e. The van der Waals surface area contributed by atoms with E-state index in [1.54, 1.807) is 0 Å². The number of rotatable bonds is 10. The molecule has 4 aromatic heterocycles. The van der Waals surface area contributed by atoms with Gasteiger partial charge in [0, 0.05) is 66.2 Å². The predicted octanol–water partition coefficient (Wildman–Crippen LogP) is 17.3. The molecule has 70 heavy (non-hydrogen) atoms. The second-order valence-corrected chi connectivity index (χ2v) is 25.6. The van der Waals surface area contributed by atoms with Crippen molar-refractivity contribution >= 4 is 46.0 Å². The van der Waals surface area contributed by atoms with Crippen molar-refractivity contribution in [1.29, 1.82) is 0 Å². The molecule has 10 rings (SSSR count). The van der Waals surface area contributed by atoms with Gasteiger partial charge >= 0.3 is 0 Å². The maximum atomic E-state index is 6.50. The first-order valence-electron chi connectivity index (χ1n) is 24.7. The summed E-state index contributed by atoms with van der Waals surface area (Å²) in [6.07, 6.45) is 8.27. The van der Waals surface area contributed by atoms with Crippen LogP contribution in [-0.4, -0.2) is 23.0 Å². The van der Waals surface area contributed by atoms with Gasteiger partial charge in [-0.05, 0) is 129 Å². The number of hydrogen-bond donors (Lipinski definition) is 0. The van der Waals surface area contributed by atoms with Crippen molar-refractivity contribution < 1.29 is 24.5 Å². The zero-order valence-electron chi connectivity index (χ0n) is 42.5. The summed E-state index contributed by atoms with van der Waals surface area (Å²) >= 11 is 0. The average molecular weight is 1110 g/mol. The molecule has 0 fully saturated rings. The van der Waals surface area contributed by atoms with E-state index < -0.39 is 8.07 Å². The molecule has 4 heterocycles. The normalized spacial score (nSPS) is 11.4. The third kappa shape index (κ3) is 12.3. The van der Waals surface area contributed by atoms with E-state index >= 15 is 0 Å². The van der Waals surface area contributed by atoms with E-state index in [1.165, 1.54) is 54.9 Å². The van der Waals surface area contributed by atoms with Gasteiger partial charge in [-0.1, -0.05) is 183 Å². The van der Waals surface area contributed by atoms with E-state index in [1.807, 2.05) is 30.6 Å². The molecule has 0 saturated carbocycles. The summed E-state index contributed by atoms with van der Waals surface area (Å²) in [5, 5.41) is 6.26. The van der Waals surface area contributed by atoms with Gasteiger partial charge in [-0.3, -0.25) is 15.0 Å². The Kier molecular flexibility index (Phi) is 17.0. The van der Waals surface area contributed by atoms with Gasteiger partial charge in [0.1, 0.15) is 11.2 Å². The predicted molar refractivity (Wildman–Crippen MR) is 298 cm³/mol. The van der Waals surface area contributed by atoms with Gasteiger partial charge in [0.05, 0.1) is 25.2 Å². The van der Waals surface area contributed by atoms with Crippen molar-refractivity contribution in [2.24, 2.45) is 11.8 Å². The van der Waals surface area contributed by atoms with Gasteiger partial charge in [0.25, 0.3) is 0 Å². The SMILES string of the molecule is CC(C)Cc1cc(-c2ccccc2)ncc1[Si](C)(C)C.CC(C)Cc1ccnc(-c2ccccc2)c1.Cc1cnc(-c2cccc3c2oc2cc(-c4cccc5ccccc45)ccc23)cc1C(C)C.[Ir]. The first-order valence-corrected chi connectivity index (χ1v) is 28.2. The molecule has 0 aliphatic heterocycles. The molecule has 0 N–H and O–H groups in total. The Morgan fingerprint density at radius 2 is 1.10 bits per heavy atom. The van der Waals surface area contributed by atoms with E-state index in [-0.39, 0.29) is 20.1 Å². The number of pyridine rings is 3. The van der Waals surface area contributed by atoms with Gasteiger partial charge in [0.15, 0.2) is 0 Å². The van der Waals surface area contributed by atoms with E-state index in [0.29, 0.717) is 17.8 Å². The quantitative estimate of drug-likeness (QED) is 0.128. The fourth-order valence-electron chi connectivity index (χ4n) is 9.34. The monoisotopic (exact) mass is 1110 g/mol. The van der Waals surface area contributed by atoms with Gasteiger partial charge in [-0.25, -0.2) is 0 Å². The van der Waals surface area contributed by atoms with Crippen LogP contribution in [0.2, 0.25) is 19.6 Å². The first kappa shape index (κ1) is 51.5. The Hall–Kier alpha value is -6.30. The van der Waals surface area contributed by atoms with Gasteiger partial charge in [-0.15, -0.1) is 0 Å². The van der Waals surface area contributed by atoms with E-state index in [9.17, 15) is 0 Å². The maximum absolute atomic E-state index is 6.50. The smallest absolute Gasteiger partial charge is 0.144 e. The van der Waals surface area contributed by atoms with Crippen LogP contribution in [0.5, 0.6) is 0 Å². The number of fused-ring (bicyclic) bond motifs is 4. The molecule has 4 nitrogen and oxygen atoms in total. The Balaban J connectivity index is 0.000000167. The number of nitrogens with zero attached hydrogens (tertiary/aromatic N) is 3. The van der Waals surface area contributed by atoms with E-state index in [4.69, 9.17) is 14.4 Å². The summed E-state index contributed by atoms with van der Waals surface area (Å²) in [5.74, 6) is 1.81. The number of aromatic nitrogens is 3. The molecule has 0 spiro atoms. The Labute approximate surface area is 431 Å². The zero-order valence-corrected chi connectivity index (χ0v) is 45.9. The summed E-state index contributed by atoms with van der Waals surface area (Å²) in [6, 6.07) is 57.5. The van der Waals surface area contributed by atoms with Crippen molar-refractivity contribution in [2.45, 2.75) is 86.9 Å². The number of benzene rings is 6.